The Balaban J connectivity index is 3.72. The van der Waals surface area contributed by atoms with E-state index in [4.69, 9.17) is 10.4 Å². The Morgan fingerprint density at radius 3 is 2.70 bits per heavy atom. The number of hydrogen-bond donors (Lipinski definition) is 2. The summed E-state index contributed by atoms with van der Waals surface area (Å²) in [5.74, 6) is -1.05. The van der Waals surface area contributed by atoms with Crippen molar-refractivity contribution in [2.45, 2.75) is 19.4 Å². The largest absolute Gasteiger partial charge is 0.478 e. The van der Waals surface area contributed by atoms with Crippen molar-refractivity contribution in [3.05, 3.63) is 12.2 Å². The topological polar surface area (TPSA) is 66.8 Å². The molecule has 10 heavy (non-hydrogen) atoms. The molecule has 0 bridgehead atoms. The molecule has 1 unspecified atom stereocenters. The van der Waals surface area contributed by atoms with Gasteiger partial charge in [-0.2, -0.15) is 0 Å². The van der Waals surface area contributed by atoms with Gasteiger partial charge in [0.15, 0.2) is 0 Å². The molecule has 1 atom stereocenters. The lowest BCUT2D eigenvalue weighted by Crippen LogP contribution is -2.05. The Morgan fingerprint density at radius 1 is 1.80 bits per heavy atom. The number of carboxylic acid groups (broad SMARTS) is 1. The van der Waals surface area contributed by atoms with Gasteiger partial charge in [-0.05, 0) is 12.5 Å². The second kappa shape index (κ2) is 4.96. The number of hydrogen-bond acceptors (Lipinski definition) is 3. The molecular weight excluding hydrogens is 136 g/mol. The van der Waals surface area contributed by atoms with Gasteiger partial charge in [0.05, 0.1) is 0 Å². The molecule has 4 nitrogen and oxygen atoms in total. The first kappa shape index (κ1) is 9.13. The summed E-state index contributed by atoms with van der Waals surface area (Å²) < 4.78 is 0. The van der Waals surface area contributed by atoms with Gasteiger partial charge in [-0.15, -0.1) is 0 Å². The summed E-state index contributed by atoms with van der Waals surface area (Å²) in [6, 6.07) is 0. The fourth-order valence-corrected chi connectivity index (χ4v) is 0.435. The molecule has 0 saturated heterocycles. The van der Waals surface area contributed by atoms with E-state index in [0.29, 0.717) is 6.42 Å². The molecule has 0 fully saturated rings. The summed E-state index contributed by atoms with van der Waals surface area (Å²) in [6.45, 7) is 1.77. The molecule has 2 N–H and O–H groups in total. The van der Waals surface area contributed by atoms with E-state index in [1.807, 2.05) is 0 Å². The van der Waals surface area contributed by atoms with Gasteiger partial charge in [0, 0.05) is 6.08 Å². The molecule has 0 radical (unpaired) electrons. The van der Waals surface area contributed by atoms with Crippen LogP contribution in [-0.2, 0) is 9.68 Å². The second-order valence-corrected chi connectivity index (χ2v) is 1.75. The van der Waals surface area contributed by atoms with Crippen LogP contribution >= 0.6 is 0 Å². The molecule has 0 aliphatic carbocycles. The average molecular weight is 146 g/mol. The summed E-state index contributed by atoms with van der Waals surface area (Å²) >= 11 is 0. The SMILES string of the molecule is CCC(/C=C/C(=O)O)OO. The first-order valence-corrected chi connectivity index (χ1v) is 2.92. The Hall–Kier alpha value is -0.870. The summed E-state index contributed by atoms with van der Waals surface area (Å²) in [7, 11) is 0. The van der Waals surface area contributed by atoms with Crippen molar-refractivity contribution in [2.75, 3.05) is 0 Å². The van der Waals surface area contributed by atoms with E-state index in [2.05, 4.69) is 4.89 Å². The first-order chi connectivity index (χ1) is 4.70. The number of aliphatic carboxylic acids is 1. The van der Waals surface area contributed by atoms with Gasteiger partial charge in [0.2, 0.25) is 0 Å². The van der Waals surface area contributed by atoms with E-state index in [0.717, 1.165) is 6.08 Å². The van der Waals surface area contributed by atoms with Gasteiger partial charge >= 0.3 is 5.97 Å². The lowest BCUT2D eigenvalue weighted by Gasteiger charge is -2.01. The molecule has 0 rings (SSSR count). The third-order valence-electron chi connectivity index (χ3n) is 0.991. The Morgan fingerprint density at radius 2 is 2.40 bits per heavy atom. The minimum atomic E-state index is -1.05. The summed E-state index contributed by atoms with van der Waals surface area (Å²) in [6.07, 6.45) is 2.24. The van der Waals surface area contributed by atoms with Gasteiger partial charge in [-0.25, -0.2) is 9.68 Å². The van der Waals surface area contributed by atoms with E-state index in [1.165, 1.54) is 6.08 Å². The summed E-state index contributed by atoms with van der Waals surface area (Å²) in [5, 5.41) is 16.2. The van der Waals surface area contributed by atoms with Crippen LogP contribution in [0.25, 0.3) is 0 Å². The zero-order valence-corrected chi connectivity index (χ0v) is 5.65. The molecule has 0 spiro atoms. The van der Waals surface area contributed by atoms with Crippen molar-refractivity contribution in [3.8, 4) is 0 Å². The molecule has 0 saturated carbocycles. The van der Waals surface area contributed by atoms with Crippen LogP contribution in [0.1, 0.15) is 13.3 Å². The average Bonchev–Trinajstić information content (AvgIpc) is 1.90. The van der Waals surface area contributed by atoms with Crippen molar-refractivity contribution in [2.24, 2.45) is 0 Å². The van der Waals surface area contributed by atoms with Crippen LogP contribution in [0.4, 0.5) is 0 Å². The van der Waals surface area contributed by atoms with Crippen molar-refractivity contribution in [1.82, 2.24) is 0 Å². The molecule has 0 aromatic heterocycles. The van der Waals surface area contributed by atoms with Crippen molar-refractivity contribution < 1.29 is 20.0 Å². The number of carbonyl (C=O) groups is 1. The lowest BCUT2D eigenvalue weighted by molar-refractivity contribution is -0.266. The highest BCUT2D eigenvalue weighted by Gasteiger charge is 1.99. The van der Waals surface area contributed by atoms with Crippen LogP contribution in [0.2, 0.25) is 0 Å². The molecule has 0 aliphatic heterocycles. The molecule has 58 valence electrons. The normalized spacial score (nSPS) is 13.8. The first-order valence-electron chi connectivity index (χ1n) is 2.92. The van der Waals surface area contributed by atoms with Crippen LogP contribution in [-0.4, -0.2) is 22.4 Å². The van der Waals surface area contributed by atoms with Crippen molar-refractivity contribution in [3.63, 3.8) is 0 Å². The Bertz CT molecular complexity index is 126. The lowest BCUT2D eigenvalue weighted by atomic mass is 10.2. The minimum Gasteiger partial charge on any atom is -0.478 e. The molecule has 0 aromatic carbocycles. The van der Waals surface area contributed by atoms with E-state index in [-0.39, 0.29) is 0 Å². The molecular formula is C6H10O4. The van der Waals surface area contributed by atoms with Crippen molar-refractivity contribution in [1.29, 1.82) is 0 Å². The predicted molar refractivity (Wildman–Crippen MR) is 34.6 cm³/mol. The number of rotatable bonds is 4. The van der Waals surface area contributed by atoms with Crippen LogP contribution < -0.4 is 0 Å². The van der Waals surface area contributed by atoms with Gasteiger partial charge < -0.3 is 5.11 Å². The fraction of sp³-hybridized carbons (Fsp3) is 0.500. The minimum absolute atomic E-state index is 0.518. The van der Waals surface area contributed by atoms with Gasteiger partial charge in [0.1, 0.15) is 6.10 Å². The molecule has 4 heteroatoms. The maximum atomic E-state index is 9.91. The maximum Gasteiger partial charge on any atom is 0.328 e. The molecule has 0 heterocycles. The Kier molecular flexibility index (Phi) is 4.53. The van der Waals surface area contributed by atoms with Crippen molar-refractivity contribution >= 4 is 5.97 Å². The maximum absolute atomic E-state index is 9.91. The van der Waals surface area contributed by atoms with Gasteiger partial charge in [-0.1, -0.05) is 6.92 Å². The van der Waals surface area contributed by atoms with Gasteiger partial charge in [0.25, 0.3) is 0 Å². The highest BCUT2D eigenvalue weighted by atomic mass is 17.1. The Labute approximate surface area is 58.7 Å². The van der Waals surface area contributed by atoms with Crippen LogP contribution in [0.15, 0.2) is 12.2 Å². The van der Waals surface area contributed by atoms with Crippen LogP contribution in [0.5, 0.6) is 0 Å². The second-order valence-electron chi connectivity index (χ2n) is 1.75. The number of carboxylic acids is 1. The summed E-state index contributed by atoms with van der Waals surface area (Å²) in [5.41, 5.74) is 0. The van der Waals surface area contributed by atoms with Crippen LogP contribution in [0, 0.1) is 0 Å². The fourth-order valence-electron chi connectivity index (χ4n) is 0.435. The van der Waals surface area contributed by atoms with Gasteiger partial charge in [-0.3, -0.25) is 5.26 Å². The van der Waals surface area contributed by atoms with Crippen LogP contribution in [0.3, 0.4) is 0 Å². The van der Waals surface area contributed by atoms with E-state index in [1.54, 1.807) is 6.92 Å². The highest BCUT2D eigenvalue weighted by Crippen LogP contribution is 1.96. The molecule has 0 aromatic rings. The standard InChI is InChI=1S/C6H10O4/c1-2-5(10-9)3-4-6(7)8/h3-5,9H,2H2,1H3,(H,7,8)/b4-3+. The van der Waals surface area contributed by atoms with E-state index >= 15 is 0 Å². The third-order valence-corrected chi connectivity index (χ3v) is 0.991. The monoisotopic (exact) mass is 146 g/mol. The zero-order valence-electron chi connectivity index (χ0n) is 5.65. The zero-order chi connectivity index (χ0) is 7.98. The highest BCUT2D eigenvalue weighted by molar-refractivity contribution is 5.79. The quantitative estimate of drug-likeness (QED) is 0.351. The summed E-state index contributed by atoms with van der Waals surface area (Å²) in [4.78, 5) is 13.8. The molecule has 0 aliphatic rings. The predicted octanol–water partition coefficient (Wildman–Crippen LogP) is 0.895. The smallest absolute Gasteiger partial charge is 0.328 e. The third kappa shape index (κ3) is 4.05. The van der Waals surface area contributed by atoms with E-state index < -0.39 is 12.1 Å². The van der Waals surface area contributed by atoms with E-state index in [9.17, 15) is 4.79 Å². The molecule has 0 amide bonds.